The van der Waals surface area contributed by atoms with Gasteiger partial charge in [0, 0.05) is 0 Å². The Morgan fingerprint density at radius 2 is 1.45 bits per heavy atom. The van der Waals surface area contributed by atoms with Gasteiger partial charge in [0.1, 0.15) is 0 Å². The molecule has 0 N–H and O–H groups in total. The number of allylic oxidation sites excluding steroid dienone is 6. The van der Waals surface area contributed by atoms with Gasteiger partial charge in [-0.2, -0.15) is 0 Å². The van der Waals surface area contributed by atoms with Gasteiger partial charge in [0.05, 0.1) is 0 Å². The second-order valence-electron chi connectivity index (χ2n) is 3.09. The van der Waals surface area contributed by atoms with Gasteiger partial charge in [-0.1, -0.05) is 23.8 Å². The molecule has 0 atom stereocenters. The molecular weight excluding hydrogens is 132 g/mol. The molecular formula is C11H18. The highest BCUT2D eigenvalue weighted by Crippen LogP contribution is 2.08. The lowest BCUT2D eigenvalue weighted by atomic mass is 10.1. The maximum absolute atomic E-state index is 2.20. The fourth-order valence-corrected chi connectivity index (χ4v) is 0.928. The van der Waals surface area contributed by atoms with Crippen LogP contribution in [0, 0.1) is 0 Å². The molecule has 0 saturated heterocycles. The summed E-state index contributed by atoms with van der Waals surface area (Å²) in [4.78, 5) is 0. The average Bonchev–Trinajstić information content (AvgIpc) is 1.86. The van der Waals surface area contributed by atoms with Crippen molar-refractivity contribution in [3.8, 4) is 0 Å². The van der Waals surface area contributed by atoms with Crippen LogP contribution in [0.15, 0.2) is 34.9 Å². The van der Waals surface area contributed by atoms with E-state index in [4.69, 9.17) is 0 Å². The lowest BCUT2D eigenvalue weighted by Gasteiger charge is -1.97. The molecule has 0 amide bonds. The first-order chi connectivity index (χ1) is 5.07. The van der Waals surface area contributed by atoms with Crippen molar-refractivity contribution in [1.29, 1.82) is 0 Å². The smallest absolute Gasteiger partial charge is 0.0395 e. The summed E-state index contributed by atoms with van der Waals surface area (Å²) in [6.07, 6.45) is 6.40. The van der Waals surface area contributed by atoms with Crippen LogP contribution >= 0.6 is 0 Å². The summed E-state index contributed by atoms with van der Waals surface area (Å²) in [6, 6.07) is 0. The van der Waals surface area contributed by atoms with E-state index in [0.717, 1.165) is 0 Å². The molecule has 0 aromatic rings. The molecule has 11 heavy (non-hydrogen) atoms. The SMILES string of the molecule is C/C=C/C(C)=C(/C)C=C(C)C. The van der Waals surface area contributed by atoms with Crippen LogP contribution < -0.4 is 0 Å². The van der Waals surface area contributed by atoms with Crippen molar-refractivity contribution in [3.63, 3.8) is 0 Å². The lowest BCUT2D eigenvalue weighted by molar-refractivity contribution is 1.30. The van der Waals surface area contributed by atoms with Crippen LogP contribution in [-0.2, 0) is 0 Å². The minimum atomic E-state index is 1.34. The van der Waals surface area contributed by atoms with E-state index in [-0.39, 0.29) is 0 Å². The van der Waals surface area contributed by atoms with Crippen LogP contribution in [-0.4, -0.2) is 0 Å². The number of hydrogen-bond acceptors (Lipinski definition) is 0. The van der Waals surface area contributed by atoms with Crippen LogP contribution in [0.3, 0.4) is 0 Å². The minimum absolute atomic E-state index is 1.34. The predicted molar refractivity (Wildman–Crippen MR) is 52.6 cm³/mol. The van der Waals surface area contributed by atoms with E-state index < -0.39 is 0 Å². The predicted octanol–water partition coefficient (Wildman–Crippen LogP) is 3.87. The maximum Gasteiger partial charge on any atom is -0.0395 e. The van der Waals surface area contributed by atoms with Gasteiger partial charge in [-0.3, -0.25) is 0 Å². The fourth-order valence-electron chi connectivity index (χ4n) is 0.928. The van der Waals surface area contributed by atoms with Gasteiger partial charge in [-0.25, -0.2) is 0 Å². The van der Waals surface area contributed by atoms with E-state index in [2.05, 4.69) is 45.9 Å². The summed E-state index contributed by atoms with van der Waals surface area (Å²) in [5.74, 6) is 0. The topological polar surface area (TPSA) is 0 Å². The molecule has 0 nitrogen and oxygen atoms in total. The zero-order valence-electron chi connectivity index (χ0n) is 8.23. The van der Waals surface area contributed by atoms with Crippen molar-refractivity contribution < 1.29 is 0 Å². The molecule has 0 aliphatic carbocycles. The number of rotatable bonds is 2. The van der Waals surface area contributed by atoms with Gasteiger partial charge < -0.3 is 0 Å². The molecule has 0 unspecified atom stereocenters. The second-order valence-corrected chi connectivity index (χ2v) is 3.09. The van der Waals surface area contributed by atoms with E-state index >= 15 is 0 Å². The molecule has 0 bridgehead atoms. The monoisotopic (exact) mass is 150 g/mol. The van der Waals surface area contributed by atoms with Gasteiger partial charge >= 0.3 is 0 Å². The van der Waals surface area contributed by atoms with Crippen LogP contribution in [0.1, 0.15) is 34.6 Å². The highest BCUT2D eigenvalue weighted by Gasteiger charge is 1.87. The van der Waals surface area contributed by atoms with Gasteiger partial charge in [-0.15, -0.1) is 0 Å². The highest BCUT2D eigenvalue weighted by molar-refractivity contribution is 5.31. The minimum Gasteiger partial charge on any atom is -0.0874 e. The molecule has 0 spiro atoms. The Kier molecular flexibility index (Phi) is 4.60. The van der Waals surface area contributed by atoms with E-state index in [1.807, 2.05) is 6.92 Å². The van der Waals surface area contributed by atoms with Gasteiger partial charge in [0.2, 0.25) is 0 Å². The maximum atomic E-state index is 2.20. The molecule has 0 aliphatic heterocycles. The standard InChI is InChI=1S/C11H18/c1-6-7-10(4)11(5)8-9(2)3/h6-8H,1-5H3/b7-6+,11-10-. The van der Waals surface area contributed by atoms with Crippen LogP contribution in [0.25, 0.3) is 0 Å². The summed E-state index contributed by atoms with van der Waals surface area (Å²) in [5.41, 5.74) is 4.04. The molecule has 0 radical (unpaired) electrons. The summed E-state index contributed by atoms with van der Waals surface area (Å²) >= 11 is 0. The van der Waals surface area contributed by atoms with Crippen molar-refractivity contribution in [2.24, 2.45) is 0 Å². The summed E-state index contributed by atoms with van der Waals surface area (Å²) in [7, 11) is 0. The molecule has 62 valence electrons. The van der Waals surface area contributed by atoms with Gasteiger partial charge in [0.15, 0.2) is 0 Å². The van der Waals surface area contributed by atoms with Crippen LogP contribution in [0.2, 0.25) is 0 Å². The molecule has 0 aromatic heterocycles. The third kappa shape index (κ3) is 4.60. The Morgan fingerprint density at radius 3 is 1.82 bits per heavy atom. The van der Waals surface area contributed by atoms with Crippen LogP contribution in [0.5, 0.6) is 0 Å². The molecule has 0 fully saturated rings. The number of hydrogen-bond donors (Lipinski definition) is 0. The third-order valence-corrected chi connectivity index (χ3v) is 1.54. The molecule has 0 heterocycles. The zero-order valence-corrected chi connectivity index (χ0v) is 8.23. The largest absolute Gasteiger partial charge is 0.0874 e. The first-order valence-corrected chi connectivity index (χ1v) is 4.03. The van der Waals surface area contributed by atoms with E-state index in [0.29, 0.717) is 0 Å². The van der Waals surface area contributed by atoms with E-state index in [9.17, 15) is 0 Å². The van der Waals surface area contributed by atoms with Crippen molar-refractivity contribution in [2.75, 3.05) is 0 Å². The van der Waals surface area contributed by atoms with Crippen molar-refractivity contribution in [3.05, 3.63) is 34.9 Å². The summed E-state index contributed by atoms with van der Waals surface area (Å²) < 4.78 is 0. The zero-order chi connectivity index (χ0) is 8.85. The first kappa shape index (κ1) is 10.2. The first-order valence-electron chi connectivity index (χ1n) is 4.03. The van der Waals surface area contributed by atoms with E-state index in [1.54, 1.807) is 0 Å². The molecule has 0 aromatic carbocycles. The van der Waals surface area contributed by atoms with Crippen molar-refractivity contribution in [1.82, 2.24) is 0 Å². The molecule has 0 aliphatic rings. The fraction of sp³-hybridized carbons (Fsp3) is 0.455. The second kappa shape index (κ2) is 4.95. The lowest BCUT2D eigenvalue weighted by Crippen LogP contribution is -1.77. The average molecular weight is 150 g/mol. The Hall–Kier alpha value is -0.780. The Bertz CT molecular complexity index is 198. The normalized spacial score (nSPS) is 13.2. The Labute approximate surface area is 70.3 Å². The van der Waals surface area contributed by atoms with E-state index in [1.165, 1.54) is 16.7 Å². The molecule has 0 rings (SSSR count). The Morgan fingerprint density at radius 1 is 0.909 bits per heavy atom. The van der Waals surface area contributed by atoms with Crippen molar-refractivity contribution >= 4 is 0 Å². The van der Waals surface area contributed by atoms with Gasteiger partial charge in [0.25, 0.3) is 0 Å². The van der Waals surface area contributed by atoms with Crippen molar-refractivity contribution in [2.45, 2.75) is 34.6 Å². The highest BCUT2D eigenvalue weighted by atomic mass is 13.9. The quantitative estimate of drug-likeness (QED) is 0.524. The summed E-state index contributed by atoms with van der Waals surface area (Å²) in [6.45, 7) is 10.6. The Balaban J connectivity index is 4.53. The van der Waals surface area contributed by atoms with Gasteiger partial charge in [-0.05, 0) is 45.8 Å². The molecule has 0 saturated carbocycles. The summed E-state index contributed by atoms with van der Waals surface area (Å²) in [5, 5.41) is 0. The van der Waals surface area contributed by atoms with Crippen LogP contribution in [0.4, 0.5) is 0 Å². The third-order valence-electron chi connectivity index (χ3n) is 1.54. The molecule has 0 heteroatoms.